The van der Waals surface area contributed by atoms with E-state index in [0.29, 0.717) is 6.42 Å². The van der Waals surface area contributed by atoms with Crippen molar-refractivity contribution in [1.29, 1.82) is 0 Å². The minimum absolute atomic E-state index is 0.234. The molecule has 0 aromatic carbocycles. The van der Waals surface area contributed by atoms with Crippen LogP contribution < -0.4 is 0 Å². The zero-order valence-corrected chi connectivity index (χ0v) is 13.8. The second kappa shape index (κ2) is 6.39. The Morgan fingerprint density at radius 3 is 3.04 bits per heavy atom. The number of aryl methyl sites for hydroxylation is 1. The summed E-state index contributed by atoms with van der Waals surface area (Å²) in [5.41, 5.74) is 2.12. The second-order valence-corrected chi connectivity index (χ2v) is 6.62. The first-order valence-electron chi connectivity index (χ1n) is 8.69. The van der Waals surface area contributed by atoms with Gasteiger partial charge in [-0.15, -0.1) is 0 Å². The first kappa shape index (κ1) is 15.4. The average molecular weight is 329 g/mol. The van der Waals surface area contributed by atoms with E-state index in [-0.39, 0.29) is 11.5 Å². The molecule has 7 nitrogen and oxygen atoms in total. The fraction of sp³-hybridized carbons (Fsp3) is 0.588. The topological polar surface area (TPSA) is 76.0 Å². The van der Waals surface area contributed by atoms with Crippen LogP contribution in [-0.4, -0.2) is 50.5 Å². The highest BCUT2D eigenvalue weighted by Gasteiger charge is 2.42. The zero-order valence-electron chi connectivity index (χ0n) is 13.8. The maximum atomic E-state index is 12.4. The van der Waals surface area contributed by atoms with Gasteiger partial charge in [-0.3, -0.25) is 14.6 Å². The SMILES string of the molecule is O=C(CCCn1cccn1)N1CCC2(CC1)OCCc1cn[nH]c12. The lowest BCUT2D eigenvalue weighted by atomic mass is 9.83. The Morgan fingerprint density at radius 1 is 1.38 bits per heavy atom. The Labute approximate surface area is 141 Å². The van der Waals surface area contributed by atoms with E-state index >= 15 is 0 Å². The molecule has 0 atom stereocenters. The highest BCUT2D eigenvalue weighted by atomic mass is 16.5. The summed E-state index contributed by atoms with van der Waals surface area (Å²) >= 11 is 0. The summed E-state index contributed by atoms with van der Waals surface area (Å²) in [7, 11) is 0. The predicted octanol–water partition coefficient (Wildman–Crippen LogP) is 1.48. The van der Waals surface area contributed by atoms with E-state index in [1.807, 2.05) is 28.0 Å². The molecule has 0 radical (unpaired) electrons. The average Bonchev–Trinajstić information content (AvgIpc) is 3.27. The molecule has 128 valence electrons. The van der Waals surface area contributed by atoms with Crippen molar-refractivity contribution in [1.82, 2.24) is 24.9 Å². The molecule has 2 aliphatic heterocycles. The summed E-state index contributed by atoms with van der Waals surface area (Å²) in [6, 6.07) is 1.90. The third kappa shape index (κ3) is 2.84. The van der Waals surface area contributed by atoms with Crippen LogP contribution in [0.3, 0.4) is 0 Å². The van der Waals surface area contributed by atoms with Gasteiger partial charge in [-0.1, -0.05) is 0 Å². The molecule has 1 N–H and O–H groups in total. The van der Waals surface area contributed by atoms with Crippen LogP contribution in [-0.2, 0) is 28.1 Å². The maximum absolute atomic E-state index is 12.4. The number of carbonyl (C=O) groups is 1. The van der Waals surface area contributed by atoms with Crippen molar-refractivity contribution in [2.24, 2.45) is 0 Å². The Morgan fingerprint density at radius 2 is 2.25 bits per heavy atom. The number of hydrogen-bond acceptors (Lipinski definition) is 4. The molecular formula is C17H23N5O2. The third-order valence-corrected chi connectivity index (χ3v) is 5.18. The molecule has 1 fully saturated rings. The lowest BCUT2D eigenvalue weighted by Gasteiger charge is -2.43. The molecule has 1 amide bonds. The van der Waals surface area contributed by atoms with Crippen molar-refractivity contribution in [3.8, 4) is 0 Å². The van der Waals surface area contributed by atoms with Gasteiger partial charge in [-0.2, -0.15) is 10.2 Å². The van der Waals surface area contributed by atoms with Crippen LogP contribution in [0.5, 0.6) is 0 Å². The molecule has 24 heavy (non-hydrogen) atoms. The Hall–Kier alpha value is -2.15. The Bertz CT molecular complexity index is 686. The van der Waals surface area contributed by atoms with E-state index < -0.39 is 0 Å². The monoisotopic (exact) mass is 329 g/mol. The number of amides is 1. The second-order valence-electron chi connectivity index (χ2n) is 6.62. The number of H-pyrrole nitrogens is 1. The normalized spacial score (nSPS) is 19.4. The minimum Gasteiger partial charge on any atom is -0.368 e. The van der Waals surface area contributed by atoms with Crippen LogP contribution in [0.25, 0.3) is 0 Å². The molecule has 0 unspecified atom stereocenters. The molecule has 1 saturated heterocycles. The summed E-state index contributed by atoms with van der Waals surface area (Å²) in [5.74, 6) is 0.234. The molecule has 1 spiro atoms. The number of piperidine rings is 1. The number of rotatable bonds is 4. The molecule has 4 rings (SSSR count). The number of nitrogens with zero attached hydrogens (tertiary/aromatic N) is 4. The number of nitrogens with one attached hydrogen (secondary N) is 1. The van der Waals surface area contributed by atoms with Gasteiger partial charge < -0.3 is 9.64 Å². The summed E-state index contributed by atoms with van der Waals surface area (Å²) in [4.78, 5) is 14.4. The summed E-state index contributed by atoms with van der Waals surface area (Å²) in [6.07, 6.45) is 9.60. The molecule has 0 aliphatic carbocycles. The Balaban J connectivity index is 1.31. The standard InChI is InChI=1S/C17H23N5O2/c23-15(3-1-8-22-9-2-7-19-22)21-10-5-17(6-11-21)16-14(4-12-24-17)13-18-20-16/h2,7,9,13H,1,3-6,8,10-12H2,(H,18,20). The van der Waals surface area contributed by atoms with E-state index in [0.717, 1.165) is 57.6 Å². The molecule has 0 bridgehead atoms. The van der Waals surface area contributed by atoms with Crippen LogP contribution >= 0.6 is 0 Å². The zero-order chi connectivity index (χ0) is 16.4. The van der Waals surface area contributed by atoms with Gasteiger partial charge in [0.2, 0.25) is 5.91 Å². The number of hydrogen-bond donors (Lipinski definition) is 1. The van der Waals surface area contributed by atoms with Crippen LogP contribution in [0.2, 0.25) is 0 Å². The largest absolute Gasteiger partial charge is 0.368 e. The number of aromatic amines is 1. The fourth-order valence-electron chi connectivity index (χ4n) is 3.82. The van der Waals surface area contributed by atoms with Gasteiger partial charge in [0, 0.05) is 38.4 Å². The van der Waals surface area contributed by atoms with Crippen LogP contribution in [0.4, 0.5) is 0 Å². The van der Waals surface area contributed by atoms with E-state index in [1.165, 1.54) is 5.56 Å². The highest BCUT2D eigenvalue weighted by Crippen LogP contribution is 2.40. The van der Waals surface area contributed by atoms with Gasteiger partial charge in [0.1, 0.15) is 5.60 Å². The van der Waals surface area contributed by atoms with Gasteiger partial charge in [0.25, 0.3) is 0 Å². The van der Waals surface area contributed by atoms with Gasteiger partial charge in [0.05, 0.1) is 18.5 Å². The van der Waals surface area contributed by atoms with Crippen molar-refractivity contribution >= 4 is 5.91 Å². The number of fused-ring (bicyclic) bond motifs is 2. The van der Waals surface area contributed by atoms with Gasteiger partial charge in [-0.05, 0) is 37.3 Å². The summed E-state index contributed by atoms with van der Waals surface area (Å²) in [6.45, 7) is 3.03. The van der Waals surface area contributed by atoms with Crippen molar-refractivity contribution in [2.45, 2.75) is 44.2 Å². The number of ether oxygens (including phenoxy) is 1. The predicted molar refractivity (Wildman–Crippen MR) is 87.2 cm³/mol. The lowest BCUT2D eigenvalue weighted by molar-refractivity contribution is -0.141. The Kier molecular flexibility index (Phi) is 4.10. The number of carbonyl (C=O) groups excluding carboxylic acids is 1. The highest BCUT2D eigenvalue weighted by molar-refractivity contribution is 5.76. The van der Waals surface area contributed by atoms with Gasteiger partial charge >= 0.3 is 0 Å². The van der Waals surface area contributed by atoms with Crippen LogP contribution in [0, 0.1) is 0 Å². The van der Waals surface area contributed by atoms with Crippen molar-refractivity contribution in [2.75, 3.05) is 19.7 Å². The molecule has 0 saturated carbocycles. The minimum atomic E-state index is -0.268. The first-order valence-corrected chi connectivity index (χ1v) is 8.69. The van der Waals surface area contributed by atoms with E-state index in [1.54, 1.807) is 6.20 Å². The number of likely N-dealkylation sites (tertiary alicyclic amines) is 1. The van der Waals surface area contributed by atoms with Gasteiger partial charge in [-0.25, -0.2) is 0 Å². The third-order valence-electron chi connectivity index (χ3n) is 5.18. The molecule has 7 heteroatoms. The smallest absolute Gasteiger partial charge is 0.222 e. The summed E-state index contributed by atoms with van der Waals surface area (Å²) < 4.78 is 8.00. The van der Waals surface area contributed by atoms with Crippen molar-refractivity contribution < 1.29 is 9.53 Å². The fourth-order valence-corrected chi connectivity index (χ4v) is 3.82. The molecular weight excluding hydrogens is 306 g/mol. The lowest BCUT2D eigenvalue weighted by Crippen LogP contribution is -2.48. The molecule has 4 heterocycles. The molecule has 2 aromatic rings. The van der Waals surface area contributed by atoms with E-state index in [4.69, 9.17) is 4.74 Å². The molecule has 2 aliphatic rings. The van der Waals surface area contributed by atoms with Crippen LogP contribution in [0.15, 0.2) is 24.7 Å². The number of aromatic nitrogens is 4. The quantitative estimate of drug-likeness (QED) is 0.922. The van der Waals surface area contributed by atoms with Gasteiger partial charge in [0.15, 0.2) is 0 Å². The van der Waals surface area contributed by atoms with Crippen LogP contribution in [0.1, 0.15) is 36.9 Å². The molecule has 2 aromatic heterocycles. The van der Waals surface area contributed by atoms with E-state index in [2.05, 4.69) is 15.3 Å². The van der Waals surface area contributed by atoms with E-state index in [9.17, 15) is 4.79 Å². The maximum Gasteiger partial charge on any atom is 0.222 e. The first-order chi connectivity index (χ1) is 11.8. The van der Waals surface area contributed by atoms with Crippen molar-refractivity contribution in [3.63, 3.8) is 0 Å². The van der Waals surface area contributed by atoms with Crippen molar-refractivity contribution in [3.05, 3.63) is 35.9 Å². The summed E-state index contributed by atoms with van der Waals surface area (Å²) in [5, 5.41) is 11.5.